The van der Waals surface area contributed by atoms with Crippen LogP contribution in [0.1, 0.15) is 17.2 Å². The zero-order valence-corrected chi connectivity index (χ0v) is 11.2. The Morgan fingerprint density at radius 1 is 1.06 bits per heavy atom. The second kappa shape index (κ2) is 5.17. The van der Waals surface area contributed by atoms with E-state index in [1.54, 1.807) is 18.2 Å². The first-order chi connectivity index (χ1) is 8.11. The van der Waals surface area contributed by atoms with Crippen molar-refractivity contribution < 1.29 is 4.39 Å². The average molecular weight is 315 g/mol. The van der Waals surface area contributed by atoms with Crippen molar-refractivity contribution in [3.8, 4) is 0 Å². The largest absolute Gasteiger partial charge is 0.320 e. The molecule has 0 aromatic heterocycles. The first-order valence-corrected chi connectivity index (χ1v) is 6.22. The summed E-state index contributed by atoms with van der Waals surface area (Å²) in [4.78, 5) is 0. The predicted molar refractivity (Wildman–Crippen MR) is 71.6 cm³/mol. The van der Waals surface area contributed by atoms with Gasteiger partial charge in [-0.15, -0.1) is 0 Å². The number of benzene rings is 2. The second-order valence-electron chi connectivity index (χ2n) is 3.64. The molecular formula is C13H10BrClFN. The van der Waals surface area contributed by atoms with Gasteiger partial charge in [0.15, 0.2) is 0 Å². The maximum absolute atomic E-state index is 13.4. The minimum Gasteiger partial charge on any atom is -0.320 e. The van der Waals surface area contributed by atoms with Gasteiger partial charge >= 0.3 is 0 Å². The summed E-state index contributed by atoms with van der Waals surface area (Å²) in [6.45, 7) is 0. The third-order valence-electron chi connectivity index (χ3n) is 2.56. The Bertz CT molecular complexity index is 545. The molecule has 0 saturated carbocycles. The molecule has 0 bridgehead atoms. The maximum atomic E-state index is 13.4. The molecule has 1 atom stereocenters. The summed E-state index contributed by atoms with van der Waals surface area (Å²) >= 11 is 9.28. The van der Waals surface area contributed by atoms with Gasteiger partial charge in [-0.05, 0) is 39.2 Å². The summed E-state index contributed by atoms with van der Waals surface area (Å²) in [5, 5.41) is 0.580. The Hall–Kier alpha value is -0.900. The van der Waals surface area contributed by atoms with Gasteiger partial charge in [0.25, 0.3) is 0 Å². The predicted octanol–water partition coefficient (Wildman–Crippen LogP) is 4.29. The van der Waals surface area contributed by atoms with Gasteiger partial charge < -0.3 is 5.73 Å². The lowest BCUT2D eigenvalue weighted by Gasteiger charge is -2.15. The zero-order valence-electron chi connectivity index (χ0n) is 8.83. The van der Waals surface area contributed by atoms with Crippen LogP contribution in [0.2, 0.25) is 5.02 Å². The van der Waals surface area contributed by atoms with Gasteiger partial charge in [-0.1, -0.05) is 41.9 Å². The summed E-state index contributed by atoms with van der Waals surface area (Å²) in [5.41, 5.74) is 7.56. The molecule has 0 heterocycles. The number of halogens is 3. The van der Waals surface area contributed by atoms with E-state index in [0.717, 1.165) is 5.56 Å². The fourth-order valence-corrected chi connectivity index (χ4v) is 2.42. The normalized spacial score (nSPS) is 12.5. The molecule has 0 aliphatic carbocycles. The number of nitrogens with two attached hydrogens (primary N) is 1. The van der Waals surface area contributed by atoms with Crippen LogP contribution in [0.25, 0.3) is 0 Å². The lowest BCUT2D eigenvalue weighted by Crippen LogP contribution is -2.13. The smallest absolute Gasteiger partial charge is 0.137 e. The molecule has 0 amide bonds. The molecule has 1 unspecified atom stereocenters. The summed E-state index contributed by atoms with van der Waals surface area (Å²) in [6.07, 6.45) is 0. The van der Waals surface area contributed by atoms with Gasteiger partial charge in [-0.2, -0.15) is 0 Å². The summed E-state index contributed by atoms with van der Waals surface area (Å²) in [7, 11) is 0. The molecule has 4 heteroatoms. The molecule has 0 saturated heterocycles. The highest BCUT2D eigenvalue weighted by atomic mass is 79.9. The molecule has 2 aromatic rings. The van der Waals surface area contributed by atoms with Crippen LogP contribution >= 0.6 is 27.5 Å². The lowest BCUT2D eigenvalue weighted by atomic mass is 9.99. The number of hydrogen-bond acceptors (Lipinski definition) is 1. The maximum Gasteiger partial charge on any atom is 0.137 e. The van der Waals surface area contributed by atoms with Crippen molar-refractivity contribution in [2.24, 2.45) is 5.73 Å². The Labute approximate surface area is 113 Å². The Morgan fingerprint density at radius 3 is 2.41 bits per heavy atom. The Kier molecular flexibility index (Phi) is 3.82. The van der Waals surface area contributed by atoms with Crippen molar-refractivity contribution in [3.05, 3.63) is 68.9 Å². The van der Waals surface area contributed by atoms with Gasteiger partial charge in [0.1, 0.15) is 5.82 Å². The van der Waals surface area contributed by atoms with Crippen molar-refractivity contribution in [2.45, 2.75) is 6.04 Å². The van der Waals surface area contributed by atoms with Crippen LogP contribution in [-0.4, -0.2) is 0 Å². The SMILES string of the molecule is NC(c1ccccc1Cl)c1cccc(F)c1Br. The topological polar surface area (TPSA) is 26.0 Å². The van der Waals surface area contributed by atoms with E-state index in [4.69, 9.17) is 17.3 Å². The molecule has 0 spiro atoms. The second-order valence-corrected chi connectivity index (χ2v) is 4.84. The van der Waals surface area contributed by atoms with Gasteiger partial charge in [0.2, 0.25) is 0 Å². The van der Waals surface area contributed by atoms with E-state index in [1.807, 2.05) is 18.2 Å². The summed E-state index contributed by atoms with van der Waals surface area (Å²) < 4.78 is 13.8. The molecule has 88 valence electrons. The lowest BCUT2D eigenvalue weighted by molar-refractivity contribution is 0.616. The molecule has 2 aromatic carbocycles. The summed E-state index contributed by atoms with van der Waals surface area (Å²) in [6, 6.07) is 11.6. The monoisotopic (exact) mass is 313 g/mol. The standard InChI is InChI=1S/C13H10BrClFN/c14-12-9(5-3-7-11(12)16)13(17)8-4-1-2-6-10(8)15/h1-7,13H,17H2. The van der Waals surface area contributed by atoms with Crippen molar-refractivity contribution in [1.82, 2.24) is 0 Å². The highest BCUT2D eigenvalue weighted by molar-refractivity contribution is 9.10. The Balaban J connectivity index is 2.48. The highest BCUT2D eigenvalue weighted by Gasteiger charge is 2.16. The molecule has 0 aliphatic heterocycles. The molecular weight excluding hydrogens is 305 g/mol. The molecule has 0 fully saturated rings. The van der Waals surface area contributed by atoms with E-state index in [9.17, 15) is 4.39 Å². The van der Waals surface area contributed by atoms with Crippen molar-refractivity contribution in [2.75, 3.05) is 0 Å². The first kappa shape index (κ1) is 12.6. The van der Waals surface area contributed by atoms with Gasteiger partial charge in [0, 0.05) is 5.02 Å². The van der Waals surface area contributed by atoms with Crippen LogP contribution in [0.3, 0.4) is 0 Å². The minimum absolute atomic E-state index is 0.329. The van der Waals surface area contributed by atoms with E-state index in [2.05, 4.69) is 15.9 Å². The van der Waals surface area contributed by atoms with E-state index in [-0.39, 0.29) is 5.82 Å². The molecule has 2 N–H and O–H groups in total. The fourth-order valence-electron chi connectivity index (χ4n) is 1.66. The molecule has 17 heavy (non-hydrogen) atoms. The van der Waals surface area contributed by atoms with Crippen LogP contribution in [0, 0.1) is 5.82 Å². The van der Waals surface area contributed by atoms with Crippen molar-refractivity contribution >= 4 is 27.5 Å². The average Bonchev–Trinajstić information content (AvgIpc) is 2.32. The first-order valence-electron chi connectivity index (χ1n) is 5.05. The summed E-state index contributed by atoms with van der Waals surface area (Å²) in [5.74, 6) is -0.329. The van der Waals surface area contributed by atoms with Crippen LogP contribution in [0.15, 0.2) is 46.9 Å². The van der Waals surface area contributed by atoms with Crippen molar-refractivity contribution in [1.29, 1.82) is 0 Å². The third kappa shape index (κ3) is 2.51. The molecule has 2 rings (SSSR count). The fraction of sp³-hybridized carbons (Fsp3) is 0.0769. The molecule has 0 aliphatic rings. The van der Waals surface area contributed by atoms with Crippen molar-refractivity contribution in [3.63, 3.8) is 0 Å². The Morgan fingerprint density at radius 2 is 1.71 bits per heavy atom. The third-order valence-corrected chi connectivity index (χ3v) is 3.74. The van der Waals surface area contributed by atoms with E-state index in [1.165, 1.54) is 6.07 Å². The number of rotatable bonds is 2. The van der Waals surface area contributed by atoms with E-state index < -0.39 is 6.04 Å². The van der Waals surface area contributed by atoms with Gasteiger partial charge in [0.05, 0.1) is 10.5 Å². The number of hydrogen-bond donors (Lipinski definition) is 1. The van der Waals surface area contributed by atoms with Crippen LogP contribution in [0.5, 0.6) is 0 Å². The quantitative estimate of drug-likeness (QED) is 0.879. The highest BCUT2D eigenvalue weighted by Crippen LogP contribution is 2.31. The molecule has 1 nitrogen and oxygen atoms in total. The minimum atomic E-state index is -0.450. The van der Waals surface area contributed by atoms with Crippen LogP contribution in [0.4, 0.5) is 4.39 Å². The van der Waals surface area contributed by atoms with Crippen LogP contribution < -0.4 is 5.73 Å². The van der Waals surface area contributed by atoms with Crippen LogP contribution in [-0.2, 0) is 0 Å². The molecule has 0 radical (unpaired) electrons. The van der Waals surface area contributed by atoms with E-state index >= 15 is 0 Å². The van der Waals surface area contributed by atoms with E-state index in [0.29, 0.717) is 15.1 Å². The van der Waals surface area contributed by atoms with Gasteiger partial charge in [-0.3, -0.25) is 0 Å². The van der Waals surface area contributed by atoms with Gasteiger partial charge in [-0.25, -0.2) is 4.39 Å². The zero-order chi connectivity index (χ0) is 12.4.